The summed E-state index contributed by atoms with van der Waals surface area (Å²) in [4.78, 5) is 12.0. The average Bonchev–Trinajstić information content (AvgIpc) is 2.86. The molecule has 2 aromatic rings. The second kappa shape index (κ2) is 6.54. The molecule has 0 saturated carbocycles. The summed E-state index contributed by atoms with van der Waals surface area (Å²) in [5.74, 6) is -0.0567. The molecular weight excluding hydrogens is 310 g/mol. The monoisotopic (exact) mass is 323 g/mol. The summed E-state index contributed by atoms with van der Waals surface area (Å²) < 4.78 is 5.71. The third-order valence-electron chi connectivity index (χ3n) is 2.72. The molecule has 2 N–H and O–H groups in total. The number of benzene rings is 1. The molecule has 1 heterocycles. The summed E-state index contributed by atoms with van der Waals surface area (Å²) in [6, 6.07) is 12.6. The van der Waals surface area contributed by atoms with Gasteiger partial charge < -0.3 is 14.8 Å². The number of carbonyl (C=O) groups excluding carboxylic acids is 1. The minimum atomic E-state index is -0.298. The SMILES string of the molecule is O=C(NC(CCO)c1ccccc1)c1ccc(Br)o1. The van der Waals surface area contributed by atoms with Crippen LogP contribution < -0.4 is 5.32 Å². The lowest BCUT2D eigenvalue weighted by molar-refractivity contribution is 0.0900. The van der Waals surface area contributed by atoms with Crippen LogP contribution in [0, 0.1) is 0 Å². The molecule has 0 aliphatic carbocycles. The van der Waals surface area contributed by atoms with Gasteiger partial charge in [-0.25, -0.2) is 0 Å². The Balaban J connectivity index is 2.11. The molecule has 2 rings (SSSR count). The van der Waals surface area contributed by atoms with Gasteiger partial charge in [0, 0.05) is 6.61 Å². The zero-order valence-corrected chi connectivity index (χ0v) is 11.8. The number of carbonyl (C=O) groups is 1. The van der Waals surface area contributed by atoms with Crippen molar-refractivity contribution in [3.63, 3.8) is 0 Å². The number of rotatable bonds is 5. The molecule has 1 aromatic carbocycles. The van der Waals surface area contributed by atoms with Gasteiger partial charge in [0.15, 0.2) is 10.4 Å². The summed E-state index contributed by atoms with van der Waals surface area (Å²) in [6.07, 6.45) is 0.456. The van der Waals surface area contributed by atoms with Crippen molar-refractivity contribution in [1.82, 2.24) is 5.32 Å². The smallest absolute Gasteiger partial charge is 0.287 e. The van der Waals surface area contributed by atoms with E-state index in [1.807, 2.05) is 30.3 Å². The Hall–Kier alpha value is -1.59. The predicted molar refractivity (Wildman–Crippen MR) is 74.8 cm³/mol. The van der Waals surface area contributed by atoms with Gasteiger partial charge in [-0.3, -0.25) is 4.79 Å². The number of amides is 1. The third-order valence-corrected chi connectivity index (χ3v) is 3.15. The highest BCUT2D eigenvalue weighted by atomic mass is 79.9. The predicted octanol–water partition coefficient (Wildman–Crippen LogP) is 2.90. The zero-order chi connectivity index (χ0) is 13.7. The first-order valence-corrected chi connectivity index (χ1v) is 6.72. The van der Waals surface area contributed by atoms with Gasteiger partial charge in [-0.1, -0.05) is 30.3 Å². The minimum Gasteiger partial charge on any atom is -0.444 e. The van der Waals surface area contributed by atoms with Gasteiger partial charge in [0.25, 0.3) is 5.91 Å². The van der Waals surface area contributed by atoms with Crippen molar-refractivity contribution in [2.75, 3.05) is 6.61 Å². The van der Waals surface area contributed by atoms with Crippen LogP contribution in [-0.2, 0) is 0 Å². The normalized spacial score (nSPS) is 12.1. The molecule has 0 spiro atoms. The lowest BCUT2D eigenvalue weighted by Gasteiger charge is -2.17. The fourth-order valence-corrected chi connectivity index (χ4v) is 2.11. The molecule has 1 unspecified atom stereocenters. The van der Waals surface area contributed by atoms with Crippen molar-refractivity contribution in [3.05, 3.63) is 58.5 Å². The number of nitrogens with one attached hydrogen (secondary N) is 1. The Morgan fingerprint density at radius 1 is 1.26 bits per heavy atom. The van der Waals surface area contributed by atoms with E-state index in [1.54, 1.807) is 12.1 Å². The summed E-state index contributed by atoms with van der Waals surface area (Å²) in [6.45, 7) is 0.00168. The first kappa shape index (κ1) is 13.8. The quantitative estimate of drug-likeness (QED) is 0.889. The summed E-state index contributed by atoms with van der Waals surface area (Å²) >= 11 is 3.16. The second-order valence-corrected chi connectivity index (χ2v) is 4.83. The Bertz CT molecular complexity index is 539. The largest absolute Gasteiger partial charge is 0.444 e. The number of halogens is 1. The van der Waals surface area contributed by atoms with Gasteiger partial charge >= 0.3 is 0 Å². The molecular formula is C14H14BrNO3. The zero-order valence-electron chi connectivity index (χ0n) is 10.2. The van der Waals surface area contributed by atoms with Crippen molar-refractivity contribution in [2.45, 2.75) is 12.5 Å². The maximum atomic E-state index is 12.0. The van der Waals surface area contributed by atoms with E-state index in [4.69, 9.17) is 9.52 Å². The molecule has 4 nitrogen and oxygen atoms in total. The molecule has 0 fully saturated rings. The fourth-order valence-electron chi connectivity index (χ4n) is 1.80. The molecule has 5 heteroatoms. The second-order valence-electron chi connectivity index (χ2n) is 4.05. The summed E-state index contributed by atoms with van der Waals surface area (Å²) in [5.41, 5.74) is 0.954. The molecule has 1 amide bonds. The molecule has 100 valence electrons. The molecule has 1 aromatic heterocycles. The Morgan fingerprint density at radius 2 is 2.00 bits per heavy atom. The van der Waals surface area contributed by atoms with Crippen LogP contribution in [0.2, 0.25) is 0 Å². The van der Waals surface area contributed by atoms with E-state index in [0.29, 0.717) is 11.1 Å². The molecule has 0 saturated heterocycles. The highest BCUT2D eigenvalue weighted by molar-refractivity contribution is 9.10. The molecule has 1 atom stereocenters. The topological polar surface area (TPSA) is 62.5 Å². The van der Waals surface area contributed by atoms with Crippen molar-refractivity contribution >= 4 is 21.8 Å². The highest BCUT2D eigenvalue weighted by Crippen LogP contribution is 2.19. The van der Waals surface area contributed by atoms with Crippen molar-refractivity contribution < 1.29 is 14.3 Å². The van der Waals surface area contributed by atoms with E-state index in [9.17, 15) is 4.79 Å². The fraction of sp³-hybridized carbons (Fsp3) is 0.214. The Labute approximate surface area is 119 Å². The number of hydrogen-bond donors (Lipinski definition) is 2. The van der Waals surface area contributed by atoms with Gasteiger partial charge in [0.2, 0.25) is 0 Å². The molecule has 19 heavy (non-hydrogen) atoms. The number of hydrogen-bond acceptors (Lipinski definition) is 3. The van der Waals surface area contributed by atoms with Crippen LogP contribution in [0.1, 0.15) is 28.6 Å². The van der Waals surface area contributed by atoms with Gasteiger partial charge in [0.1, 0.15) is 0 Å². The lowest BCUT2D eigenvalue weighted by atomic mass is 10.0. The van der Waals surface area contributed by atoms with Crippen LogP contribution in [0.25, 0.3) is 0 Å². The Kier molecular flexibility index (Phi) is 4.76. The number of aliphatic hydroxyl groups excluding tert-OH is 1. The maximum Gasteiger partial charge on any atom is 0.287 e. The number of furan rings is 1. The van der Waals surface area contributed by atoms with Crippen molar-refractivity contribution in [3.8, 4) is 0 Å². The van der Waals surface area contributed by atoms with Crippen LogP contribution in [-0.4, -0.2) is 17.6 Å². The summed E-state index contributed by atoms with van der Waals surface area (Å²) in [7, 11) is 0. The van der Waals surface area contributed by atoms with Crippen LogP contribution in [0.15, 0.2) is 51.6 Å². The van der Waals surface area contributed by atoms with Crippen LogP contribution in [0.3, 0.4) is 0 Å². The first-order valence-electron chi connectivity index (χ1n) is 5.92. The third kappa shape index (κ3) is 3.68. The van der Waals surface area contributed by atoms with Crippen LogP contribution >= 0.6 is 15.9 Å². The minimum absolute atomic E-state index is 0.00168. The standard InChI is InChI=1S/C14H14BrNO3/c15-13-7-6-12(19-13)14(18)16-11(8-9-17)10-4-2-1-3-5-10/h1-7,11,17H,8-9H2,(H,16,18). The maximum absolute atomic E-state index is 12.0. The van der Waals surface area contributed by atoms with Gasteiger partial charge in [-0.15, -0.1) is 0 Å². The molecule has 0 aliphatic rings. The first-order chi connectivity index (χ1) is 9.20. The van der Waals surface area contributed by atoms with E-state index in [2.05, 4.69) is 21.2 Å². The van der Waals surface area contributed by atoms with Crippen LogP contribution in [0.4, 0.5) is 0 Å². The van der Waals surface area contributed by atoms with Crippen LogP contribution in [0.5, 0.6) is 0 Å². The van der Waals surface area contributed by atoms with E-state index in [1.165, 1.54) is 0 Å². The molecule has 0 radical (unpaired) electrons. The average molecular weight is 324 g/mol. The Morgan fingerprint density at radius 3 is 2.58 bits per heavy atom. The van der Waals surface area contributed by atoms with Gasteiger partial charge in [-0.05, 0) is 40.0 Å². The number of aliphatic hydroxyl groups is 1. The summed E-state index contributed by atoms with van der Waals surface area (Å²) in [5, 5.41) is 12.0. The van der Waals surface area contributed by atoms with E-state index >= 15 is 0 Å². The molecule has 0 bridgehead atoms. The van der Waals surface area contributed by atoms with Gasteiger partial charge in [-0.2, -0.15) is 0 Å². The van der Waals surface area contributed by atoms with Crippen molar-refractivity contribution in [2.24, 2.45) is 0 Å². The van der Waals surface area contributed by atoms with E-state index < -0.39 is 0 Å². The van der Waals surface area contributed by atoms with Gasteiger partial charge in [0.05, 0.1) is 6.04 Å². The lowest BCUT2D eigenvalue weighted by Crippen LogP contribution is -2.28. The molecule has 0 aliphatic heterocycles. The van der Waals surface area contributed by atoms with E-state index in [0.717, 1.165) is 5.56 Å². The van der Waals surface area contributed by atoms with Crippen molar-refractivity contribution in [1.29, 1.82) is 0 Å². The van der Waals surface area contributed by atoms with E-state index in [-0.39, 0.29) is 24.3 Å². The highest BCUT2D eigenvalue weighted by Gasteiger charge is 2.17.